The number of imidazole rings is 1. The van der Waals surface area contributed by atoms with Crippen molar-refractivity contribution >= 4 is 29.6 Å². The summed E-state index contributed by atoms with van der Waals surface area (Å²) in [6.45, 7) is 8.39. The normalized spacial score (nSPS) is 12.7. The molecule has 4 N–H and O–H groups in total. The topological polar surface area (TPSA) is 153 Å². The van der Waals surface area contributed by atoms with E-state index in [1.165, 1.54) is 38.5 Å². The van der Waals surface area contributed by atoms with Gasteiger partial charge >= 0.3 is 6.09 Å². The molecule has 0 saturated carbocycles. The SMILES string of the molecule is CC(C)(C)OC(=O)NC(C)(C)C(=O)NC(COCc1ccccc1)C(=O)Nc1cn(C(C(=O)NCCc2ccc(F)cc2)c2ccccc2)cn1. The van der Waals surface area contributed by atoms with Crippen molar-refractivity contribution < 1.29 is 33.0 Å². The van der Waals surface area contributed by atoms with E-state index in [9.17, 15) is 23.6 Å². The first-order valence-electron chi connectivity index (χ1n) is 16.6. The molecule has 0 aliphatic heterocycles. The monoisotopic (exact) mass is 700 g/mol. The summed E-state index contributed by atoms with van der Waals surface area (Å²) in [6, 6.07) is 22.5. The fourth-order valence-electron chi connectivity index (χ4n) is 4.93. The Morgan fingerprint density at radius 2 is 1.49 bits per heavy atom. The zero-order chi connectivity index (χ0) is 37.0. The number of anilines is 1. The van der Waals surface area contributed by atoms with Gasteiger partial charge in [0.1, 0.15) is 29.0 Å². The zero-order valence-corrected chi connectivity index (χ0v) is 29.4. The van der Waals surface area contributed by atoms with Crippen molar-refractivity contribution in [3.63, 3.8) is 0 Å². The van der Waals surface area contributed by atoms with Crippen molar-refractivity contribution in [2.24, 2.45) is 0 Å². The number of carbonyl (C=O) groups excluding carboxylic acids is 4. The van der Waals surface area contributed by atoms with Gasteiger partial charge in [0.25, 0.3) is 5.91 Å². The summed E-state index contributed by atoms with van der Waals surface area (Å²) in [6.07, 6.45) is 2.66. The molecule has 4 amide bonds. The van der Waals surface area contributed by atoms with E-state index in [0.29, 0.717) is 18.5 Å². The van der Waals surface area contributed by atoms with E-state index in [0.717, 1.165) is 11.1 Å². The molecule has 2 unspecified atom stereocenters. The number of amides is 4. The van der Waals surface area contributed by atoms with Crippen LogP contribution in [0.4, 0.5) is 15.0 Å². The predicted octanol–water partition coefficient (Wildman–Crippen LogP) is 4.91. The molecule has 51 heavy (non-hydrogen) atoms. The maximum Gasteiger partial charge on any atom is 0.408 e. The van der Waals surface area contributed by atoms with Gasteiger partial charge in [0, 0.05) is 12.7 Å². The summed E-state index contributed by atoms with van der Waals surface area (Å²) < 4.78 is 26.0. The quantitative estimate of drug-likeness (QED) is 0.138. The van der Waals surface area contributed by atoms with Crippen LogP contribution in [0.1, 0.15) is 57.4 Å². The Labute approximate surface area is 297 Å². The highest BCUT2D eigenvalue weighted by molar-refractivity contribution is 5.98. The van der Waals surface area contributed by atoms with E-state index < -0.39 is 41.1 Å². The third kappa shape index (κ3) is 12.1. The summed E-state index contributed by atoms with van der Waals surface area (Å²) in [7, 11) is 0. The smallest absolute Gasteiger partial charge is 0.408 e. The standard InChI is InChI=1S/C38H45FN6O6/c1-37(2,3)51-36(49)44-38(4,5)35(48)42-30(24-50-23-27-12-8-6-9-13-27)33(46)43-31-22-45(25-41-31)32(28-14-10-7-11-15-28)34(47)40-21-20-26-16-18-29(39)19-17-26/h6-19,22,25,30,32H,20-21,23-24H2,1-5H3,(H,40,47)(H,42,48)(H,43,46)(H,44,49). The number of halogens is 1. The molecule has 12 nitrogen and oxygen atoms in total. The Morgan fingerprint density at radius 3 is 2.14 bits per heavy atom. The first kappa shape index (κ1) is 38.2. The van der Waals surface area contributed by atoms with E-state index in [-0.39, 0.29) is 30.8 Å². The highest BCUT2D eigenvalue weighted by Crippen LogP contribution is 2.21. The van der Waals surface area contributed by atoms with Crippen LogP contribution < -0.4 is 21.3 Å². The molecule has 0 aliphatic rings. The Bertz CT molecular complexity index is 1760. The summed E-state index contributed by atoms with van der Waals surface area (Å²) in [5.41, 5.74) is 0.203. The molecule has 270 valence electrons. The van der Waals surface area contributed by atoms with Gasteiger partial charge in [-0.05, 0) is 69.9 Å². The maximum atomic E-state index is 13.6. The van der Waals surface area contributed by atoms with E-state index in [1.54, 1.807) is 37.5 Å². The lowest BCUT2D eigenvalue weighted by molar-refractivity contribution is -0.131. The van der Waals surface area contributed by atoms with Crippen LogP contribution in [0.15, 0.2) is 97.5 Å². The first-order valence-corrected chi connectivity index (χ1v) is 16.6. The Balaban J connectivity index is 1.47. The molecule has 1 heterocycles. The average molecular weight is 701 g/mol. The third-order valence-electron chi connectivity index (χ3n) is 7.54. The van der Waals surface area contributed by atoms with E-state index in [2.05, 4.69) is 26.3 Å². The molecule has 2 atom stereocenters. The fraction of sp³-hybridized carbons (Fsp3) is 0.342. The van der Waals surface area contributed by atoms with Crippen molar-refractivity contribution in [3.05, 3.63) is 120 Å². The number of ether oxygens (including phenoxy) is 2. The van der Waals surface area contributed by atoms with Gasteiger partial charge < -0.3 is 35.3 Å². The number of benzene rings is 3. The maximum absolute atomic E-state index is 13.6. The van der Waals surface area contributed by atoms with Gasteiger partial charge in [0.2, 0.25) is 11.8 Å². The molecular formula is C38H45FN6O6. The number of nitrogens with one attached hydrogen (secondary N) is 4. The zero-order valence-electron chi connectivity index (χ0n) is 29.4. The molecule has 1 aromatic heterocycles. The number of alkyl carbamates (subject to hydrolysis) is 1. The van der Waals surface area contributed by atoms with Crippen LogP contribution in [0, 0.1) is 5.82 Å². The lowest BCUT2D eigenvalue weighted by atomic mass is 10.0. The van der Waals surface area contributed by atoms with Crippen LogP contribution in [0.5, 0.6) is 0 Å². The minimum Gasteiger partial charge on any atom is -0.444 e. The molecule has 13 heteroatoms. The minimum absolute atomic E-state index is 0.133. The number of carbonyl (C=O) groups is 4. The summed E-state index contributed by atoms with van der Waals surface area (Å²) in [4.78, 5) is 57.3. The van der Waals surface area contributed by atoms with Gasteiger partial charge in [0.05, 0.1) is 19.5 Å². The molecule has 0 radical (unpaired) electrons. The van der Waals surface area contributed by atoms with E-state index >= 15 is 0 Å². The van der Waals surface area contributed by atoms with Crippen molar-refractivity contribution in [1.82, 2.24) is 25.5 Å². The highest BCUT2D eigenvalue weighted by atomic mass is 19.1. The van der Waals surface area contributed by atoms with Crippen molar-refractivity contribution in [2.45, 2.75) is 70.9 Å². The van der Waals surface area contributed by atoms with Crippen LogP contribution in [-0.4, -0.2) is 63.7 Å². The number of rotatable bonds is 15. The van der Waals surface area contributed by atoms with Crippen LogP contribution in [-0.2, 0) is 36.9 Å². The lowest BCUT2D eigenvalue weighted by Gasteiger charge is -2.29. The number of hydrogen-bond donors (Lipinski definition) is 4. The van der Waals surface area contributed by atoms with Gasteiger partial charge in [0.15, 0.2) is 5.82 Å². The molecule has 4 rings (SSSR count). The van der Waals surface area contributed by atoms with Crippen molar-refractivity contribution in [1.29, 1.82) is 0 Å². The van der Waals surface area contributed by atoms with Gasteiger partial charge in [-0.2, -0.15) is 0 Å². The van der Waals surface area contributed by atoms with Crippen LogP contribution in [0.3, 0.4) is 0 Å². The molecule has 0 fully saturated rings. The van der Waals surface area contributed by atoms with Crippen molar-refractivity contribution in [3.8, 4) is 0 Å². The lowest BCUT2D eigenvalue weighted by Crippen LogP contribution is -2.59. The van der Waals surface area contributed by atoms with Gasteiger partial charge in [-0.3, -0.25) is 14.4 Å². The molecule has 0 spiro atoms. The van der Waals surface area contributed by atoms with Crippen LogP contribution in [0.2, 0.25) is 0 Å². The third-order valence-corrected chi connectivity index (χ3v) is 7.54. The largest absolute Gasteiger partial charge is 0.444 e. The van der Waals surface area contributed by atoms with Crippen LogP contribution in [0.25, 0.3) is 0 Å². The Kier molecular flexibility index (Phi) is 13.0. The molecule has 0 aliphatic carbocycles. The Morgan fingerprint density at radius 1 is 0.843 bits per heavy atom. The molecule has 4 aromatic rings. The van der Waals surface area contributed by atoms with Crippen molar-refractivity contribution in [2.75, 3.05) is 18.5 Å². The van der Waals surface area contributed by atoms with E-state index in [1.807, 2.05) is 60.7 Å². The fourth-order valence-corrected chi connectivity index (χ4v) is 4.93. The highest BCUT2D eigenvalue weighted by Gasteiger charge is 2.35. The summed E-state index contributed by atoms with van der Waals surface area (Å²) in [5.74, 6) is -1.79. The molecular weight excluding hydrogens is 655 g/mol. The second-order valence-electron chi connectivity index (χ2n) is 13.5. The van der Waals surface area contributed by atoms with Gasteiger partial charge in [-0.25, -0.2) is 14.2 Å². The van der Waals surface area contributed by atoms with Gasteiger partial charge in [-0.15, -0.1) is 0 Å². The summed E-state index contributed by atoms with van der Waals surface area (Å²) in [5, 5.41) is 10.9. The molecule has 3 aromatic carbocycles. The second kappa shape index (κ2) is 17.4. The predicted molar refractivity (Wildman–Crippen MR) is 190 cm³/mol. The number of hydrogen-bond acceptors (Lipinski definition) is 7. The number of nitrogens with zero attached hydrogens (tertiary/aromatic N) is 2. The van der Waals surface area contributed by atoms with E-state index in [4.69, 9.17) is 9.47 Å². The second-order valence-corrected chi connectivity index (χ2v) is 13.5. The molecule has 0 bridgehead atoms. The van der Waals surface area contributed by atoms with Gasteiger partial charge in [-0.1, -0.05) is 72.8 Å². The van der Waals surface area contributed by atoms with Crippen LogP contribution >= 0.6 is 0 Å². The minimum atomic E-state index is -1.45. The number of aromatic nitrogens is 2. The first-order chi connectivity index (χ1) is 24.2. The average Bonchev–Trinajstić information content (AvgIpc) is 3.52. The summed E-state index contributed by atoms with van der Waals surface area (Å²) >= 11 is 0. The Hall–Kier alpha value is -5.56. The molecule has 0 saturated heterocycles.